The molecule has 0 aromatic heterocycles. The molecule has 30 heavy (non-hydrogen) atoms. The predicted molar refractivity (Wildman–Crippen MR) is 121 cm³/mol. The van der Waals surface area contributed by atoms with Crippen LogP contribution < -0.4 is 0 Å². The molecule has 1 saturated heterocycles. The van der Waals surface area contributed by atoms with Crippen LogP contribution >= 0.6 is 0 Å². The Morgan fingerprint density at radius 2 is 1.73 bits per heavy atom. The third-order valence-corrected chi connectivity index (χ3v) is 10.2. The van der Waals surface area contributed by atoms with Gasteiger partial charge in [0, 0.05) is 32.1 Å². The van der Waals surface area contributed by atoms with Gasteiger partial charge in [0.1, 0.15) is 0 Å². The summed E-state index contributed by atoms with van der Waals surface area (Å²) in [5.74, 6) is 2.59. The average molecular weight is 417 g/mol. The first-order valence-electron chi connectivity index (χ1n) is 12.5. The molecule has 7 atom stereocenters. The van der Waals surface area contributed by atoms with Gasteiger partial charge in [-0.15, -0.1) is 0 Å². The van der Waals surface area contributed by atoms with Crippen molar-refractivity contribution >= 4 is 12.3 Å². The van der Waals surface area contributed by atoms with Crippen molar-refractivity contribution in [2.75, 3.05) is 13.6 Å². The van der Waals surface area contributed by atoms with Gasteiger partial charge < -0.3 is 9.80 Å². The van der Waals surface area contributed by atoms with E-state index in [1.165, 1.54) is 38.5 Å². The molecule has 0 radical (unpaired) electrons. The molecule has 0 aromatic rings. The zero-order chi connectivity index (χ0) is 21.9. The summed E-state index contributed by atoms with van der Waals surface area (Å²) in [6.45, 7) is 12.7. The van der Waals surface area contributed by atoms with Crippen LogP contribution in [0.15, 0.2) is 0 Å². The summed E-state index contributed by atoms with van der Waals surface area (Å²) in [5.41, 5.74) is 0.802. The molecular formula is C26H44N2O2. The van der Waals surface area contributed by atoms with Crippen molar-refractivity contribution in [3.8, 4) is 0 Å². The number of amides is 2. The smallest absolute Gasteiger partial charge is 0.222 e. The minimum Gasteiger partial charge on any atom is -0.342 e. The van der Waals surface area contributed by atoms with Gasteiger partial charge in [-0.2, -0.15) is 0 Å². The highest BCUT2D eigenvalue weighted by Gasteiger charge is 2.61. The Hall–Kier alpha value is -1.06. The second kappa shape index (κ2) is 7.52. The van der Waals surface area contributed by atoms with Gasteiger partial charge in [-0.1, -0.05) is 34.6 Å². The van der Waals surface area contributed by atoms with Crippen LogP contribution in [0.4, 0.5) is 0 Å². The lowest BCUT2D eigenvalue weighted by Crippen LogP contribution is -2.62. The molecule has 0 bridgehead atoms. The van der Waals surface area contributed by atoms with Gasteiger partial charge in [0.2, 0.25) is 12.3 Å². The highest BCUT2D eigenvalue weighted by atomic mass is 16.2. The van der Waals surface area contributed by atoms with Crippen LogP contribution in [-0.2, 0) is 9.59 Å². The van der Waals surface area contributed by atoms with E-state index in [1.54, 1.807) is 0 Å². The van der Waals surface area contributed by atoms with Crippen LogP contribution in [0.2, 0.25) is 0 Å². The number of rotatable bonds is 4. The third kappa shape index (κ3) is 3.41. The monoisotopic (exact) mass is 416 g/mol. The molecule has 0 spiro atoms. The van der Waals surface area contributed by atoms with Gasteiger partial charge in [0.05, 0.1) is 0 Å². The number of carbonyl (C=O) groups excluding carboxylic acids is 2. The van der Waals surface area contributed by atoms with E-state index in [1.807, 2.05) is 7.05 Å². The van der Waals surface area contributed by atoms with Crippen molar-refractivity contribution < 1.29 is 9.59 Å². The molecule has 4 aliphatic rings. The Morgan fingerprint density at radius 1 is 1.03 bits per heavy atom. The molecule has 4 rings (SSSR count). The normalized spacial score (nSPS) is 43.6. The van der Waals surface area contributed by atoms with E-state index in [0.717, 1.165) is 50.0 Å². The van der Waals surface area contributed by atoms with Crippen LogP contribution in [0, 0.1) is 34.0 Å². The van der Waals surface area contributed by atoms with Crippen molar-refractivity contribution in [3.05, 3.63) is 0 Å². The molecule has 3 saturated carbocycles. The standard InChI is InChI=1S/C26H44N2O2/c1-24(2,3)15-16-28(17-29)22-10-8-19-18-7-9-21-25(4,14-12-23(30)27(21)6)20(18)11-13-26(19,22)5/h17-22H,7-16H2,1-6H3/t18?,19?,20?,21-,22+,25-,26+/m1/s1. The van der Waals surface area contributed by atoms with Gasteiger partial charge in [-0.25, -0.2) is 0 Å². The first-order chi connectivity index (χ1) is 14.0. The summed E-state index contributed by atoms with van der Waals surface area (Å²) in [6.07, 6.45) is 11.4. The molecule has 2 amide bonds. The number of nitrogens with zero attached hydrogens (tertiary/aromatic N) is 2. The number of hydrogen-bond donors (Lipinski definition) is 0. The molecular weight excluding hydrogens is 372 g/mol. The summed E-state index contributed by atoms with van der Waals surface area (Å²) in [6, 6.07) is 0.837. The van der Waals surface area contributed by atoms with Gasteiger partial charge in [0.25, 0.3) is 0 Å². The molecule has 4 fully saturated rings. The SMILES string of the molecule is CN1C(=O)CC[C@]2(C)C3CC[C@@]4(C)C(CC[C@@H]4N(C=O)CCC(C)(C)C)C3CC[C@@H]12. The second-order valence-electron chi connectivity index (χ2n) is 12.8. The highest BCUT2D eigenvalue weighted by Crippen LogP contribution is 2.65. The Kier molecular flexibility index (Phi) is 5.55. The first kappa shape index (κ1) is 22.1. The fourth-order valence-corrected chi connectivity index (χ4v) is 8.41. The molecule has 4 heteroatoms. The lowest BCUT2D eigenvalue weighted by atomic mass is 9.47. The van der Waals surface area contributed by atoms with Gasteiger partial charge in [0.15, 0.2) is 0 Å². The summed E-state index contributed by atoms with van der Waals surface area (Å²) in [4.78, 5) is 28.7. The topological polar surface area (TPSA) is 40.6 Å². The van der Waals surface area contributed by atoms with Crippen LogP contribution in [0.1, 0.15) is 92.4 Å². The van der Waals surface area contributed by atoms with Crippen molar-refractivity contribution in [1.29, 1.82) is 0 Å². The van der Waals surface area contributed by atoms with Crippen LogP contribution in [0.25, 0.3) is 0 Å². The quantitative estimate of drug-likeness (QED) is 0.597. The summed E-state index contributed by atoms with van der Waals surface area (Å²) < 4.78 is 0. The van der Waals surface area contributed by atoms with E-state index in [0.29, 0.717) is 18.0 Å². The number of carbonyl (C=O) groups is 2. The fourth-order valence-electron chi connectivity index (χ4n) is 8.41. The van der Waals surface area contributed by atoms with Crippen molar-refractivity contribution in [1.82, 2.24) is 9.80 Å². The summed E-state index contributed by atoms with van der Waals surface area (Å²) in [7, 11) is 2.04. The van der Waals surface area contributed by atoms with E-state index in [4.69, 9.17) is 0 Å². The lowest BCUT2D eigenvalue weighted by molar-refractivity contribution is -0.159. The minimum absolute atomic E-state index is 0.259. The lowest BCUT2D eigenvalue weighted by Gasteiger charge is -2.62. The first-order valence-corrected chi connectivity index (χ1v) is 12.5. The van der Waals surface area contributed by atoms with Crippen molar-refractivity contribution in [2.24, 2.45) is 34.0 Å². The Balaban J connectivity index is 1.54. The second-order valence-corrected chi connectivity index (χ2v) is 12.8. The Labute approximate surface area is 184 Å². The van der Waals surface area contributed by atoms with E-state index in [2.05, 4.69) is 44.4 Å². The highest BCUT2D eigenvalue weighted by molar-refractivity contribution is 5.77. The van der Waals surface area contributed by atoms with E-state index in [9.17, 15) is 9.59 Å². The molecule has 1 heterocycles. The maximum absolute atomic E-state index is 12.4. The molecule has 0 N–H and O–H groups in total. The predicted octanol–water partition coefficient (Wildman–Crippen LogP) is 5.11. The van der Waals surface area contributed by atoms with Crippen LogP contribution in [0.3, 0.4) is 0 Å². The molecule has 3 unspecified atom stereocenters. The summed E-state index contributed by atoms with van der Waals surface area (Å²) in [5, 5.41) is 0. The summed E-state index contributed by atoms with van der Waals surface area (Å²) >= 11 is 0. The van der Waals surface area contributed by atoms with E-state index in [-0.39, 0.29) is 16.2 Å². The Morgan fingerprint density at radius 3 is 2.40 bits per heavy atom. The third-order valence-electron chi connectivity index (χ3n) is 10.2. The molecule has 1 aliphatic heterocycles. The van der Waals surface area contributed by atoms with E-state index >= 15 is 0 Å². The number of fused-ring (bicyclic) bond motifs is 5. The maximum atomic E-state index is 12.4. The van der Waals surface area contributed by atoms with Crippen LogP contribution in [-0.4, -0.2) is 47.8 Å². The van der Waals surface area contributed by atoms with Crippen molar-refractivity contribution in [2.45, 2.75) is 104 Å². The molecule has 170 valence electrons. The minimum atomic E-state index is 0.259. The molecule has 3 aliphatic carbocycles. The largest absolute Gasteiger partial charge is 0.342 e. The van der Waals surface area contributed by atoms with Gasteiger partial charge in [-0.3, -0.25) is 9.59 Å². The zero-order valence-corrected chi connectivity index (χ0v) is 20.2. The van der Waals surface area contributed by atoms with Gasteiger partial charge >= 0.3 is 0 Å². The van der Waals surface area contributed by atoms with E-state index < -0.39 is 0 Å². The fraction of sp³-hybridized carbons (Fsp3) is 0.923. The van der Waals surface area contributed by atoms with Gasteiger partial charge in [-0.05, 0) is 85.4 Å². The van der Waals surface area contributed by atoms with Crippen LogP contribution in [0.5, 0.6) is 0 Å². The number of piperidine rings is 1. The molecule has 0 aromatic carbocycles. The number of hydrogen-bond acceptors (Lipinski definition) is 2. The number of likely N-dealkylation sites (tertiary alicyclic amines) is 1. The average Bonchev–Trinajstić information content (AvgIpc) is 3.02. The molecule has 4 nitrogen and oxygen atoms in total. The zero-order valence-electron chi connectivity index (χ0n) is 20.2. The maximum Gasteiger partial charge on any atom is 0.222 e. The van der Waals surface area contributed by atoms with Crippen molar-refractivity contribution in [3.63, 3.8) is 0 Å². The Bertz CT molecular complexity index is 685.